The fourth-order valence-corrected chi connectivity index (χ4v) is 2.86. The lowest BCUT2D eigenvalue weighted by atomic mass is 9.97. The Morgan fingerprint density at radius 2 is 2.32 bits per heavy atom. The van der Waals surface area contributed by atoms with E-state index >= 15 is 0 Å². The Morgan fingerprint density at radius 1 is 1.50 bits per heavy atom. The fourth-order valence-electron chi connectivity index (χ4n) is 2.86. The number of carbonyl (C=O) groups is 1. The lowest BCUT2D eigenvalue weighted by Crippen LogP contribution is -2.43. The maximum absolute atomic E-state index is 12.3. The molecule has 0 aromatic heterocycles. The van der Waals surface area contributed by atoms with Crippen molar-refractivity contribution in [2.45, 2.75) is 25.8 Å². The van der Waals surface area contributed by atoms with Crippen molar-refractivity contribution >= 4 is 5.91 Å². The van der Waals surface area contributed by atoms with Crippen LogP contribution >= 0.6 is 0 Å². The number of carbonyl (C=O) groups excluding carboxylic acids is 1. The summed E-state index contributed by atoms with van der Waals surface area (Å²) in [5, 5.41) is 11.7. The van der Waals surface area contributed by atoms with Crippen LogP contribution in [0.15, 0.2) is 24.3 Å². The van der Waals surface area contributed by atoms with Gasteiger partial charge in [0.15, 0.2) is 0 Å². The second kappa shape index (κ2) is 8.40. The van der Waals surface area contributed by atoms with Gasteiger partial charge in [-0.2, -0.15) is 5.26 Å². The Morgan fingerprint density at radius 3 is 3.09 bits per heavy atom. The Labute approximate surface area is 131 Å². The predicted molar refractivity (Wildman–Crippen MR) is 84.2 cm³/mol. The van der Waals surface area contributed by atoms with Crippen LogP contribution in [0.1, 0.15) is 24.8 Å². The van der Waals surface area contributed by atoms with Gasteiger partial charge in [0.2, 0.25) is 5.91 Å². The van der Waals surface area contributed by atoms with Gasteiger partial charge in [0.05, 0.1) is 19.1 Å². The molecular formula is C17H23N3O2. The average Bonchev–Trinajstić information content (AvgIpc) is 2.58. The SMILES string of the molecule is COc1ccccc1CNC(=O)C1CCCN(CCC#N)C1. The van der Waals surface area contributed by atoms with Gasteiger partial charge >= 0.3 is 0 Å². The molecule has 1 unspecified atom stereocenters. The van der Waals surface area contributed by atoms with E-state index in [0.717, 1.165) is 43.8 Å². The summed E-state index contributed by atoms with van der Waals surface area (Å²) >= 11 is 0. The van der Waals surface area contributed by atoms with Crippen molar-refractivity contribution in [2.75, 3.05) is 26.7 Å². The molecular weight excluding hydrogens is 278 g/mol. The summed E-state index contributed by atoms with van der Waals surface area (Å²) in [7, 11) is 1.63. The van der Waals surface area contributed by atoms with Gasteiger partial charge in [-0.1, -0.05) is 18.2 Å². The van der Waals surface area contributed by atoms with Crippen molar-refractivity contribution < 1.29 is 9.53 Å². The Bertz CT molecular complexity index is 539. The van der Waals surface area contributed by atoms with E-state index in [9.17, 15) is 4.79 Å². The minimum atomic E-state index is 0.0159. The van der Waals surface area contributed by atoms with Crippen LogP contribution in [0.4, 0.5) is 0 Å². The van der Waals surface area contributed by atoms with Crippen molar-refractivity contribution in [1.29, 1.82) is 5.26 Å². The van der Waals surface area contributed by atoms with E-state index in [1.165, 1.54) is 0 Å². The molecule has 0 aliphatic carbocycles. The fraction of sp³-hybridized carbons (Fsp3) is 0.529. The lowest BCUT2D eigenvalue weighted by molar-refractivity contribution is -0.126. The largest absolute Gasteiger partial charge is 0.496 e. The first kappa shape index (κ1) is 16.3. The summed E-state index contributed by atoms with van der Waals surface area (Å²) < 4.78 is 5.29. The normalized spacial score (nSPS) is 18.5. The van der Waals surface area contributed by atoms with Crippen LogP contribution in [0.5, 0.6) is 5.75 Å². The van der Waals surface area contributed by atoms with Gasteiger partial charge in [0.1, 0.15) is 5.75 Å². The Balaban J connectivity index is 1.85. The lowest BCUT2D eigenvalue weighted by Gasteiger charge is -2.31. The first-order valence-corrected chi connectivity index (χ1v) is 7.73. The van der Waals surface area contributed by atoms with E-state index in [0.29, 0.717) is 13.0 Å². The number of amides is 1. The van der Waals surface area contributed by atoms with Crippen molar-refractivity contribution in [1.82, 2.24) is 10.2 Å². The predicted octanol–water partition coefficient (Wildman–Crippen LogP) is 1.94. The maximum Gasteiger partial charge on any atom is 0.224 e. The molecule has 2 rings (SSSR count). The molecule has 5 nitrogen and oxygen atoms in total. The van der Waals surface area contributed by atoms with Crippen LogP contribution in [0, 0.1) is 17.2 Å². The number of nitriles is 1. The van der Waals surface area contributed by atoms with E-state index < -0.39 is 0 Å². The monoisotopic (exact) mass is 301 g/mol. The van der Waals surface area contributed by atoms with Gasteiger partial charge in [0.25, 0.3) is 0 Å². The van der Waals surface area contributed by atoms with Crippen molar-refractivity contribution in [2.24, 2.45) is 5.92 Å². The molecule has 0 radical (unpaired) electrons. The molecule has 1 heterocycles. The molecule has 1 aliphatic rings. The molecule has 22 heavy (non-hydrogen) atoms. The highest BCUT2D eigenvalue weighted by molar-refractivity contribution is 5.79. The van der Waals surface area contributed by atoms with Crippen LogP contribution in [0.2, 0.25) is 0 Å². The number of nitrogens with zero attached hydrogens (tertiary/aromatic N) is 2. The van der Waals surface area contributed by atoms with Gasteiger partial charge < -0.3 is 15.0 Å². The average molecular weight is 301 g/mol. The molecule has 0 spiro atoms. The number of nitrogens with one attached hydrogen (secondary N) is 1. The molecule has 1 atom stereocenters. The van der Waals surface area contributed by atoms with E-state index in [4.69, 9.17) is 10.00 Å². The summed E-state index contributed by atoms with van der Waals surface area (Å²) in [5.74, 6) is 0.900. The summed E-state index contributed by atoms with van der Waals surface area (Å²) in [5.41, 5.74) is 0.982. The number of likely N-dealkylation sites (tertiary alicyclic amines) is 1. The summed E-state index contributed by atoms with van der Waals surface area (Å²) in [6.07, 6.45) is 2.45. The van der Waals surface area contributed by atoms with Gasteiger partial charge in [-0.15, -0.1) is 0 Å². The van der Waals surface area contributed by atoms with Gasteiger partial charge in [0, 0.05) is 31.6 Å². The number of rotatable bonds is 6. The molecule has 1 amide bonds. The molecule has 1 N–H and O–H groups in total. The number of ether oxygens (including phenoxy) is 1. The number of hydrogen-bond acceptors (Lipinski definition) is 4. The van der Waals surface area contributed by atoms with Crippen LogP contribution < -0.4 is 10.1 Å². The van der Waals surface area contributed by atoms with Crippen molar-refractivity contribution in [3.63, 3.8) is 0 Å². The summed E-state index contributed by atoms with van der Waals surface area (Å²) in [4.78, 5) is 14.6. The molecule has 1 aliphatic heterocycles. The zero-order valence-corrected chi connectivity index (χ0v) is 13.0. The van der Waals surface area contributed by atoms with E-state index in [1.807, 2.05) is 24.3 Å². The minimum Gasteiger partial charge on any atom is -0.496 e. The van der Waals surface area contributed by atoms with E-state index in [-0.39, 0.29) is 11.8 Å². The van der Waals surface area contributed by atoms with Gasteiger partial charge in [-0.05, 0) is 25.5 Å². The third kappa shape index (κ3) is 4.47. The number of para-hydroxylation sites is 1. The highest BCUT2D eigenvalue weighted by Crippen LogP contribution is 2.19. The summed E-state index contributed by atoms with van der Waals surface area (Å²) in [6.45, 7) is 2.97. The zero-order chi connectivity index (χ0) is 15.8. The van der Waals surface area contributed by atoms with Crippen molar-refractivity contribution in [3.05, 3.63) is 29.8 Å². The van der Waals surface area contributed by atoms with E-state index in [1.54, 1.807) is 7.11 Å². The van der Waals surface area contributed by atoms with Gasteiger partial charge in [-0.3, -0.25) is 4.79 Å². The Kier molecular flexibility index (Phi) is 6.23. The molecule has 1 saturated heterocycles. The number of hydrogen-bond donors (Lipinski definition) is 1. The molecule has 5 heteroatoms. The molecule has 1 fully saturated rings. The quantitative estimate of drug-likeness (QED) is 0.872. The highest BCUT2D eigenvalue weighted by atomic mass is 16.5. The molecule has 1 aromatic rings. The molecule has 0 bridgehead atoms. The molecule has 118 valence electrons. The van der Waals surface area contributed by atoms with Gasteiger partial charge in [-0.25, -0.2) is 0 Å². The summed E-state index contributed by atoms with van der Waals surface area (Å²) in [6, 6.07) is 9.87. The smallest absolute Gasteiger partial charge is 0.224 e. The minimum absolute atomic E-state index is 0.0159. The second-order valence-corrected chi connectivity index (χ2v) is 5.58. The number of methoxy groups -OCH3 is 1. The molecule has 1 aromatic carbocycles. The first-order valence-electron chi connectivity index (χ1n) is 7.73. The third-order valence-corrected chi connectivity index (χ3v) is 4.06. The van der Waals surface area contributed by atoms with E-state index in [2.05, 4.69) is 16.3 Å². The third-order valence-electron chi connectivity index (χ3n) is 4.06. The van der Waals surface area contributed by atoms with Crippen LogP contribution in [-0.4, -0.2) is 37.6 Å². The van der Waals surface area contributed by atoms with Crippen LogP contribution in [0.25, 0.3) is 0 Å². The van der Waals surface area contributed by atoms with Crippen LogP contribution in [-0.2, 0) is 11.3 Å². The maximum atomic E-state index is 12.3. The standard InChI is InChI=1S/C17H23N3O2/c1-22-16-8-3-2-6-14(16)12-19-17(21)15-7-4-10-20(13-15)11-5-9-18/h2-3,6,8,15H,4-5,7,10-13H2,1H3,(H,19,21). The van der Waals surface area contributed by atoms with Crippen molar-refractivity contribution in [3.8, 4) is 11.8 Å². The first-order chi connectivity index (χ1) is 10.7. The number of piperidine rings is 1. The molecule has 0 saturated carbocycles. The number of benzene rings is 1. The Hall–Kier alpha value is -2.06. The second-order valence-electron chi connectivity index (χ2n) is 5.58. The highest BCUT2D eigenvalue weighted by Gasteiger charge is 2.25. The zero-order valence-electron chi connectivity index (χ0n) is 13.0. The topological polar surface area (TPSA) is 65.4 Å². The van der Waals surface area contributed by atoms with Crippen LogP contribution in [0.3, 0.4) is 0 Å².